The van der Waals surface area contributed by atoms with E-state index in [0.29, 0.717) is 19.5 Å². The summed E-state index contributed by atoms with van der Waals surface area (Å²) in [4.78, 5) is 13.4. The normalized spacial score (nSPS) is 10.4. The Labute approximate surface area is 96.4 Å². The minimum absolute atomic E-state index is 0.161. The SMILES string of the molecule is Cc1occc1CN(C)C(=O)CCCCN. The van der Waals surface area contributed by atoms with Crippen LogP contribution in [0.2, 0.25) is 0 Å². The molecule has 90 valence electrons. The van der Waals surface area contributed by atoms with E-state index >= 15 is 0 Å². The van der Waals surface area contributed by atoms with Gasteiger partial charge in [-0.25, -0.2) is 0 Å². The van der Waals surface area contributed by atoms with Crippen molar-refractivity contribution in [1.29, 1.82) is 0 Å². The number of nitrogens with zero attached hydrogens (tertiary/aromatic N) is 1. The van der Waals surface area contributed by atoms with Crippen molar-refractivity contribution in [3.63, 3.8) is 0 Å². The van der Waals surface area contributed by atoms with Gasteiger partial charge in [0.2, 0.25) is 5.91 Å². The van der Waals surface area contributed by atoms with Crippen LogP contribution in [0.1, 0.15) is 30.6 Å². The fraction of sp³-hybridized carbons (Fsp3) is 0.583. The maximum atomic E-state index is 11.7. The minimum Gasteiger partial charge on any atom is -0.469 e. The molecule has 0 atom stereocenters. The first-order valence-corrected chi connectivity index (χ1v) is 5.62. The van der Waals surface area contributed by atoms with Crippen molar-refractivity contribution in [1.82, 2.24) is 4.90 Å². The number of furan rings is 1. The van der Waals surface area contributed by atoms with E-state index < -0.39 is 0 Å². The van der Waals surface area contributed by atoms with Gasteiger partial charge in [0.1, 0.15) is 5.76 Å². The van der Waals surface area contributed by atoms with E-state index in [-0.39, 0.29) is 5.91 Å². The van der Waals surface area contributed by atoms with Gasteiger partial charge >= 0.3 is 0 Å². The van der Waals surface area contributed by atoms with E-state index in [0.717, 1.165) is 24.2 Å². The Kier molecular flexibility index (Phi) is 5.05. The smallest absolute Gasteiger partial charge is 0.222 e. The minimum atomic E-state index is 0.161. The fourth-order valence-electron chi connectivity index (χ4n) is 1.53. The highest BCUT2D eigenvalue weighted by molar-refractivity contribution is 5.75. The summed E-state index contributed by atoms with van der Waals surface area (Å²) in [5.41, 5.74) is 6.45. The molecule has 2 N–H and O–H groups in total. The zero-order chi connectivity index (χ0) is 12.0. The predicted octanol–water partition coefficient (Wildman–Crippen LogP) is 1.68. The molecule has 0 saturated heterocycles. The summed E-state index contributed by atoms with van der Waals surface area (Å²) in [6.45, 7) is 3.17. The molecule has 4 heteroatoms. The van der Waals surface area contributed by atoms with E-state index in [1.165, 1.54) is 0 Å². The molecule has 1 aromatic heterocycles. The first-order valence-electron chi connectivity index (χ1n) is 5.62. The standard InChI is InChI=1S/C12H20N2O2/c1-10-11(6-8-16-10)9-14(2)12(15)5-3-4-7-13/h6,8H,3-5,7,9,13H2,1-2H3. The average molecular weight is 224 g/mol. The molecule has 1 amide bonds. The van der Waals surface area contributed by atoms with Crippen molar-refractivity contribution in [2.45, 2.75) is 32.7 Å². The van der Waals surface area contributed by atoms with Crippen molar-refractivity contribution in [2.75, 3.05) is 13.6 Å². The number of carbonyl (C=O) groups is 1. The highest BCUT2D eigenvalue weighted by atomic mass is 16.3. The molecule has 1 heterocycles. The molecule has 0 unspecified atom stereocenters. The number of rotatable bonds is 6. The van der Waals surface area contributed by atoms with Crippen LogP contribution >= 0.6 is 0 Å². The van der Waals surface area contributed by atoms with E-state index in [1.54, 1.807) is 11.2 Å². The van der Waals surface area contributed by atoms with Crippen LogP contribution in [0.3, 0.4) is 0 Å². The lowest BCUT2D eigenvalue weighted by Crippen LogP contribution is -2.26. The highest BCUT2D eigenvalue weighted by Gasteiger charge is 2.10. The third-order valence-corrected chi connectivity index (χ3v) is 2.64. The Morgan fingerprint density at radius 2 is 2.25 bits per heavy atom. The zero-order valence-electron chi connectivity index (χ0n) is 10.0. The summed E-state index contributed by atoms with van der Waals surface area (Å²) in [5.74, 6) is 1.04. The van der Waals surface area contributed by atoms with Gasteiger partial charge in [0.25, 0.3) is 0 Å². The molecular weight excluding hydrogens is 204 g/mol. The summed E-state index contributed by atoms with van der Waals surface area (Å²) >= 11 is 0. The summed E-state index contributed by atoms with van der Waals surface area (Å²) in [7, 11) is 1.82. The number of aryl methyl sites for hydroxylation is 1. The molecular formula is C12H20N2O2. The van der Waals surface area contributed by atoms with Crippen LogP contribution in [0, 0.1) is 6.92 Å². The maximum absolute atomic E-state index is 11.7. The molecule has 0 fully saturated rings. The lowest BCUT2D eigenvalue weighted by molar-refractivity contribution is -0.130. The van der Waals surface area contributed by atoms with Crippen molar-refractivity contribution in [3.8, 4) is 0 Å². The van der Waals surface area contributed by atoms with Gasteiger partial charge in [-0.1, -0.05) is 0 Å². The van der Waals surface area contributed by atoms with Crippen LogP contribution in [0.25, 0.3) is 0 Å². The average Bonchev–Trinajstić information content (AvgIpc) is 2.64. The Morgan fingerprint density at radius 1 is 1.50 bits per heavy atom. The number of hydrogen-bond acceptors (Lipinski definition) is 3. The van der Waals surface area contributed by atoms with Gasteiger partial charge in [0.05, 0.1) is 6.26 Å². The molecule has 0 aliphatic rings. The van der Waals surface area contributed by atoms with Gasteiger partial charge in [0.15, 0.2) is 0 Å². The van der Waals surface area contributed by atoms with Crippen molar-refractivity contribution >= 4 is 5.91 Å². The van der Waals surface area contributed by atoms with E-state index in [9.17, 15) is 4.79 Å². The van der Waals surface area contributed by atoms with Gasteiger partial charge < -0.3 is 15.1 Å². The largest absolute Gasteiger partial charge is 0.469 e. The van der Waals surface area contributed by atoms with Crippen molar-refractivity contribution in [3.05, 3.63) is 23.7 Å². The predicted molar refractivity (Wildman–Crippen MR) is 62.8 cm³/mol. The third kappa shape index (κ3) is 3.70. The second-order valence-electron chi connectivity index (χ2n) is 4.00. The van der Waals surface area contributed by atoms with Gasteiger partial charge in [-0.3, -0.25) is 4.79 Å². The van der Waals surface area contributed by atoms with Crippen LogP contribution < -0.4 is 5.73 Å². The van der Waals surface area contributed by atoms with Gasteiger partial charge in [-0.15, -0.1) is 0 Å². The van der Waals surface area contributed by atoms with Crippen LogP contribution in [-0.2, 0) is 11.3 Å². The van der Waals surface area contributed by atoms with Crippen LogP contribution in [0.4, 0.5) is 0 Å². The Balaban J connectivity index is 2.37. The zero-order valence-corrected chi connectivity index (χ0v) is 10.0. The van der Waals surface area contributed by atoms with E-state index in [4.69, 9.17) is 10.2 Å². The molecule has 4 nitrogen and oxygen atoms in total. The monoisotopic (exact) mass is 224 g/mol. The Bertz CT molecular complexity index is 334. The quantitative estimate of drug-likeness (QED) is 0.748. The summed E-state index contributed by atoms with van der Waals surface area (Å²) < 4.78 is 5.19. The molecule has 0 aromatic carbocycles. The topological polar surface area (TPSA) is 59.5 Å². The third-order valence-electron chi connectivity index (χ3n) is 2.64. The molecule has 0 aliphatic heterocycles. The van der Waals surface area contributed by atoms with Crippen LogP contribution in [0.5, 0.6) is 0 Å². The molecule has 0 spiro atoms. The van der Waals surface area contributed by atoms with Crippen LogP contribution in [-0.4, -0.2) is 24.4 Å². The summed E-state index contributed by atoms with van der Waals surface area (Å²) in [5, 5.41) is 0. The molecule has 0 saturated carbocycles. The lowest BCUT2D eigenvalue weighted by Gasteiger charge is -2.16. The Hall–Kier alpha value is -1.29. The Morgan fingerprint density at radius 3 is 2.81 bits per heavy atom. The summed E-state index contributed by atoms with van der Waals surface area (Å²) in [6, 6.07) is 1.90. The molecule has 0 radical (unpaired) electrons. The molecule has 1 aromatic rings. The maximum Gasteiger partial charge on any atom is 0.222 e. The molecule has 0 bridgehead atoms. The van der Waals surface area contributed by atoms with Gasteiger partial charge in [-0.2, -0.15) is 0 Å². The number of hydrogen-bond donors (Lipinski definition) is 1. The first-order chi connectivity index (χ1) is 7.65. The van der Waals surface area contributed by atoms with Gasteiger partial charge in [0, 0.05) is 25.6 Å². The van der Waals surface area contributed by atoms with Gasteiger partial charge in [-0.05, 0) is 32.4 Å². The summed E-state index contributed by atoms with van der Waals surface area (Å²) in [6.07, 6.45) is 4.00. The first kappa shape index (κ1) is 12.8. The molecule has 1 rings (SSSR count). The van der Waals surface area contributed by atoms with Crippen molar-refractivity contribution in [2.24, 2.45) is 5.73 Å². The second-order valence-corrected chi connectivity index (χ2v) is 4.00. The van der Waals surface area contributed by atoms with E-state index in [1.807, 2.05) is 20.0 Å². The molecule has 16 heavy (non-hydrogen) atoms. The van der Waals surface area contributed by atoms with Crippen molar-refractivity contribution < 1.29 is 9.21 Å². The number of nitrogens with two attached hydrogens (primary N) is 1. The second kappa shape index (κ2) is 6.33. The highest BCUT2D eigenvalue weighted by Crippen LogP contribution is 2.12. The number of unbranched alkanes of at least 4 members (excludes halogenated alkanes) is 1. The van der Waals surface area contributed by atoms with Crippen LogP contribution in [0.15, 0.2) is 16.7 Å². The molecule has 0 aliphatic carbocycles. The number of carbonyl (C=O) groups excluding carboxylic acids is 1. The lowest BCUT2D eigenvalue weighted by atomic mass is 10.2. The fourth-order valence-corrected chi connectivity index (χ4v) is 1.53. The van der Waals surface area contributed by atoms with E-state index in [2.05, 4.69) is 0 Å². The number of amides is 1.